The van der Waals surface area contributed by atoms with Gasteiger partial charge in [0, 0.05) is 35.6 Å². The van der Waals surface area contributed by atoms with Gasteiger partial charge in [0.25, 0.3) is 0 Å². The molecule has 0 saturated carbocycles. The SMILES string of the molecule is CC1CSCCN1c1ncns1. The fraction of sp³-hybridized carbons (Fsp3) is 0.714. The van der Waals surface area contributed by atoms with E-state index in [0.29, 0.717) is 6.04 Å². The van der Waals surface area contributed by atoms with Crippen LogP contribution in [0.1, 0.15) is 6.92 Å². The standard InChI is InChI=1S/C7H11N3S2/c1-6-4-11-3-2-10(6)7-8-5-9-12-7/h5-6H,2-4H2,1H3. The van der Waals surface area contributed by atoms with Crippen molar-refractivity contribution in [2.45, 2.75) is 13.0 Å². The Morgan fingerprint density at radius 1 is 1.67 bits per heavy atom. The Labute approximate surface area is 80.4 Å². The van der Waals surface area contributed by atoms with Gasteiger partial charge in [0.1, 0.15) is 6.33 Å². The summed E-state index contributed by atoms with van der Waals surface area (Å²) < 4.78 is 4.01. The Balaban J connectivity index is 2.11. The van der Waals surface area contributed by atoms with Gasteiger partial charge in [-0.1, -0.05) is 0 Å². The van der Waals surface area contributed by atoms with Crippen molar-refractivity contribution < 1.29 is 0 Å². The molecule has 66 valence electrons. The predicted molar refractivity (Wildman–Crippen MR) is 54.0 cm³/mol. The molecule has 0 aliphatic carbocycles. The molecule has 0 spiro atoms. The second-order valence-corrected chi connectivity index (χ2v) is 4.75. The van der Waals surface area contributed by atoms with Gasteiger partial charge in [0.05, 0.1) is 0 Å². The molecule has 0 aromatic carbocycles. The van der Waals surface area contributed by atoms with Crippen LogP contribution in [0.25, 0.3) is 0 Å². The minimum absolute atomic E-state index is 0.608. The van der Waals surface area contributed by atoms with Gasteiger partial charge in [0.15, 0.2) is 0 Å². The summed E-state index contributed by atoms with van der Waals surface area (Å²) in [5.41, 5.74) is 0. The molecule has 0 bridgehead atoms. The minimum Gasteiger partial charge on any atom is -0.343 e. The van der Waals surface area contributed by atoms with Gasteiger partial charge < -0.3 is 4.90 Å². The van der Waals surface area contributed by atoms with E-state index in [0.717, 1.165) is 11.7 Å². The average molecular weight is 201 g/mol. The van der Waals surface area contributed by atoms with Crippen LogP contribution >= 0.6 is 23.3 Å². The molecule has 2 rings (SSSR count). The molecule has 1 aromatic rings. The predicted octanol–water partition coefficient (Wildman–Crippen LogP) is 1.48. The van der Waals surface area contributed by atoms with Crippen LogP contribution in [-0.2, 0) is 0 Å². The maximum Gasteiger partial charge on any atom is 0.205 e. The van der Waals surface area contributed by atoms with Crippen molar-refractivity contribution in [2.24, 2.45) is 0 Å². The summed E-state index contributed by atoms with van der Waals surface area (Å²) in [6, 6.07) is 0.608. The number of anilines is 1. The van der Waals surface area contributed by atoms with Crippen molar-refractivity contribution >= 4 is 28.4 Å². The topological polar surface area (TPSA) is 29.0 Å². The molecular weight excluding hydrogens is 190 g/mol. The lowest BCUT2D eigenvalue weighted by Gasteiger charge is -2.32. The van der Waals surface area contributed by atoms with Crippen LogP contribution in [0.3, 0.4) is 0 Å². The third kappa shape index (κ3) is 1.56. The largest absolute Gasteiger partial charge is 0.343 e. The van der Waals surface area contributed by atoms with E-state index in [1.54, 1.807) is 6.33 Å². The summed E-state index contributed by atoms with van der Waals surface area (Å²) in [7, 11) is 0. The van der Waals surface area contributed by atoms with E-state index >= 15 is 0 Å². The molecule has 3 nitrogen and oxygen atoms in total. The summed E-state index contributed by atoms with van der Waals surface area (Å²) in [6.07, 6.45) is 1.63. The number of hydrogen-bond acceptors (Lipinski definition) is 5. The number of thioether (sulfide) groups is 1. The van der Waals surface area contributed by atoms with Gasteiger partial charge >= 0.3 is 0 Å². The zero-order valence-corrected chi connectivity index (χ0v) is 8.57. The summed E-state index contributed by atoms with van der Waals surface area (Å²) in [4.78, 5) is 6.56. The highest BCUT2D eigenvalue weighted by Crippen LogP contribution is 2.23. The maximum absolute atomic E-state index is 4.21. The lowest BCUT2D eigenvalue weighted by Crippen LogP contribution is -2.40. The first kappa shape index (κ1) is 8.31. The number of hydrogen-bond donors (Lipinski definition) is 0. The number of rotatable bonds is 1. The first-order chi connectivity index (χ1) is 5.88. The Kier molecular flexibility index (Phi) is 2.51. The number of aromatic nitrogens is 2. The van der Waals surface area contributed by atoms with Crippen LogP contribution < -0.4 is 4.90 Å². The summed E-state index contributed by atoms with van der Waals surface area (Å²) in [5, 5.41) is 1.07. The highest BCUT2D eigenvalue weighted by atomic mass is 32.2. The molecule has 1 saturated heterocycles. The van der Waals surface area contributed by atoms with Crippen LogP contribution in [0.15, 0.2) is 6.33 Å². The molecule has 1 aliphatic rings. The molecule has 0 N–H and O–H groups in total. The Morgan fingerprint density at radius 3 is 3.25 bits per heavy atom. The molecule has 1 aromatic heterocycles. The van der Waals surface area contributed by atoms with Gasteiger partial charge in [-0.05, 0) is 6.92 Å². The first-order valence-corrected chi connectivity index (χ1v) is 5.92. The van der Waals surface area contributed by atoms with Gasteiger partial charge in [-0.25, -0.2) is 4.98 Å². The summed E-state index contributed by atoms with van der Waals surface area (Å²) in [6.45, 7) is 3.36. The Bertz CT molecular complexity index is 237. The van der Waals surface area contributed by atoms with Crippen LogP contribution in [-0.4, -0.2) is 33.4 Å². The van der Waals surface area contributed by atoms with E-state index in [2.05, 4.69) is 21.2 Å². The van der Waals surface area contributed by atoms with E-state index in [1.165, 1.54) is 23.0 Å². The lowest BCUT2D eigenvalue weighted by molar-refractivity contribution is 0.697. The molecule has 12 heavy (non-hydrogen) atoms. The van der Waals surface area contributed by atoms with Gasteiger partial charge in [-0.2, -0.15) is 16.1 Å². The van der Waals surface area contributed by atoms with Crippen molar-refractivity contribution in [1.29, 1.82) is 0 Å². The first-order valence-electron chi connectivity index (χ1n) is 3.99. The fourth-order valence-corrected chi connectivity index (χ4v) is 2.98. The van der Waals surface area contributed by atoms with Crippen LogP contribution in [0.4, 0.5) is 5.13 Å². The monoisotopic (exact) mass is 201 g/mol. The Hall–Kier alpha value is -0.290. The van der Waals surface area contributed by atoms with Crippen LogP contribution in [0.5, 0.6) is 0 Å². The van der Waals surface area contributed by atoms with E-state index in [9.17, 15) is 0 Å². The zero-order valence-electron chi connectivity index (χ0n) is 6.93. The second-order valence-electron chi connectivity index (χ2n) is 2.84. The van der Waals surface area contributed by atoms with Gasteiger partial charge in [0.2, 0.25) is 5.13 Å². The average Bonchev–Trinajstić information content (AvgIpc) is 2.57. The summed E-state index contributed by atoms with van der Waals surface area (Å²) >= 11 is 3.51. The van der Waals surface area contributed by atoms with Crippen LogP contribution in [0.2, 0.25) is 0 Å². The summed E-state index contributed by atoms with van der Waals surface area (Å²) in [5.74, 6) is 2.42. The molecule has 1 aliphatic heterocycles. The molecule has 0 radical (unpaired) electrons. The van der Waals surface area contributed by atoms with E-state index < -0.39 is 0 Å². The molecule has 1 fully saturated rings. The highest BCUT2D eigenvalue weighted by molar-refractivity contribution is 7.99. The normalized spacial score (nSPS) is 24.4. The van der Waals surface area contributed by atoms with Crippen molar-refractivity contribution in [3.8, 4) is 0 Å². The molecule has 0 amide bonds. The number of nitrogens with zero attached hydrogens (tertiary/aromatic N) is 3. The molecular formula is C7H11N3S2. The van der Waals surface area contributed by atoms with Crippen molar-refractivity contribution in [2.75, 3.05) is 23.0 Å². The second kappa shape index (κ2) is 3.62. The van der Waals surface area contributed by atoms with Crippen molar-refractivity contribution in [1.82, 2.24) is 9.36 Å². The van der Waals surface area contributed by atoms with E-state index in [1.807, 2.05) is 11.8 Å². The molecule has 2 heterocycles. The molecule has 5 heteroatoms. The quantitative estimate of drug-likeness (QED) is 0.688. The van der Waals surface area contributed by atoms with Gasteiger partial charge in [-0.3, -0.25) is 0 Å². The molecule has 1 unspecified atom stereocenters. The lowest BCUT2D eigenvalue weighted by atomic mass is 10.3. The van der Waals surface area contributed by atoms with Crippen molar-refractivity contribution in [3.63, 3.8) is 0 Å². The maximum atomic E-state index is 4.21. The van der Waals surface area contributed by atoms with E-state index in [4.69, 9.17) is 0 Å². The fourth-order valence-electron chi connectivity index (χ4n) is 1.31. The van der Waals surface area contributed by atoms with E-state index in [-0.39, 0.29) is 0 Å². The highest BCUT2D eigenvalue weighted by Gasteiger charge is 2.20. The smallest absolute Gasteiger partial charge is 0.205 e. The molecule has 1 atom stereocenters. The van der Waals surface area contributed by atoms with Crippen LogP contribution in [0, 0.1) is 0 Å². The van der Waals surface area contributed by atoms with Gasteiger partial charge in [-0.15, -0.1) is 0 Å². The zero-order chi connectivity index (χ0) is 8.39. The minimum atomic E-state index is 0.608. The Morgan fingerprint density at radius 2 is 2.58 bits per heavy atom. The third-order valence-corrected chi connectivity index (χ3v) is 3.86. The van der Waals surface area contributed by atoms with Crippen molar-refractivity contribution in [3.05, 3.63) is 6.33 Å². The third-order valence-electron chi connectivity index (χ3n) is 1.96.